The molecular weight excluding hydrogens is 276 g/mol. The first-order valence-electron chi connectivity index (χ1n) is 6.31. The Bertz CT molecular complexity index is 567. The summed E-state index contributed by atoms with van der Waals surface area (Å²) in [5, 5.41) is 0. The number of sulfone groups is 1. The molecule has 112 valence electrons. The molecule has 1 amide bonds. The van der Waals surface area contributed by atoms with Gasteiger partial charge >= 0.3 is 0 Å². The Kier molecular flexibility index (Phi) is 4.94. The van der Waals surface area contributed by atoms with Crippen LogP contribution in [0.3, 0.4) is 0 Å². The highest BCUT2D eigenvalue weighted by molar-refractivity contribution is 7.92. The molecule has 2 N–H and O–H groups in total. The van der Waals surface area contributed by atoms with Crippen LogP contribution in [0.1, 0.15) is 25.5 Å². The monoisotopic (exact) mass is 298 g/mol. The molecule has 0 aliphatic rings. The lowest BCUT2D eigenvalue weighted by Gasteiger charge is -2.30. The second-order valence-corrected chi connectivity index (χ2v) is 8.26. The molecule has 0 heterocycles. The third-order valence-corrected chi connectivity index (χ3v) is 5.56. The average molecular weight is 298 g/mol. The van der Waals surface area contributed by atoms with Gasteiger partial charge in [0.1, 0.15) is 6.04 Å². The van der Waals surface area contributed by atoms with E-state index in [0.717, 1.165) is 0 Å². The van der Waals surface area contributed by atoms with E-state index in [1.807, 2.05) is 18.2 Å². The van der Waals surface area contributed by atoms with Crippen LogP contribution in [-0.2, 0) is 14.6 Å². The minimum absolute atomic E-state index is 0.102. The van der Waals surface area contributed by atoms with Crippen LogP contribution in [0.5, 0.6) is 0 Å². The topological polar surface area (TPSA) is 80.5 Å². The van der Waals surface area contributed by atoms with Crippen LogP contribution in [0.15, 0.2) is 30.3 Å². The van der Waals surface area contributed by atoms with E-state index in [4.69, 9.17) is 5.73 Å². The zero-order valence-electron chi connectivity index (χ0n) is 12.3. The summed E-state index contributed by atoms with van der Waals surface area (Å²) in [6.45, 7) is 3.30. The number of carbonyl (C=O) groups excluding carboxylic acids is 1. The van der Waals surface area contributed by atoms with E-state index in [1.165, 1.54) is 11.2 Å². The Morgan fingerprint density at radius 3 is 2.25 bits per heavy atom. The van der Waals surface area contributed by atoms with Gasteiger partial charge < -0.3 is 10.6 Å². The van der Waals surface area contributed by atoms with Gasteiger partial charge in [0.2, 0.25) is 5.91 Å². The minimum atomic E-state index is -3.26. The smallest absolute Gasteiger partial charge is 0.243 e. The van der Waals surface area contributed by atoms with Crippen LogP contribution in [0.4, 0.5) is 0 Å². The minimum Gasteiger partial charge on any atom is -0.343 e. The highest BCUT2D eigenvalue weighted by atomic mass is 32.2. The quantitative estimate of drug-likeness (QED) is 0.878. The summed E-state index contributed by atoms with van der Waals surface area (Å²) >= 11 is 0. The molecule has 0 aromatic heterocycles. The summed E-state index contributed by atoms with van der Waals surface area (Å²) in [6.07, 6.45) is 1.17. The van der Waals surface area contributed by atoms with E-state index in [2.05, 4.69) is 0 Å². The highest BCUT2D eigenvalue weighted by Crippen LogP contribution is 2.19. The van der Waals surface area contributed by atoms with Crippen molar-refractivity contribution in [1.29, 1.82) is 0 Å². The van der Waals surface area contributed by atoms with Crippen molar-refractivity contribution in [2.45, 2.75) is 24.6 Å². The molecule has 1 aromatic carbocycles. The molecule has 1 atom stereocenters. The fourth-order valence-electron chi connectivity index (χ4n) is 1.81. The van der Waals surface area contributed by atoms with Crippen LogP contribution in [0.2, 0.25) is 0 Å². The molecule has 0 aliphatic heterocycles. The van der Waals surface area contributed by atoms with E-state index in [-0.39, 0.29) is 12.5 Å². The Balaban J connectivity index is 2.83. The summed E-state index contributed by atoms with van der Waals surface area (Å²) in [4.78, 5) is 13.6. The molecule has 0 fully saturated rings. The molecule has 5 nitrogen and oxygen atoms in total. The summed E-state index contributed by atoms with van der Waals surface area (Å²) in [5.41, 5.74) is 6.64. The molecule has 1 unspecified atom stereocenters. The van der Waals surface area contributed by atoms with Gasteiger partial charge in [0.15, 0.2) is 9.84 Å². The molecule has 1 rings (SSSR count). The van der Waals surface area contributed by atoms with Crippen LogP contribution >= 0.6 is 0 Å². The van der Waals surface area contributed by atoms with Gasteiger partial charge in [-0.05, 0) is 19.4 Å². The summed E-state index contributed by atoms with van der Waals surface area (Å²) in [6, 6.07) is 8.23. The van der Waals surface area contributed by atoms with Crippen molar-refractivity contribution >= 4 is 15.7 Å². The largest absolute Gasteiger partial charge is 0.343 e. The first-order valence-corrected chi connectivity index (χ1v) is 8.20. The molecule has 20 heavy (non-hydrogen) atoms. The second-order valence-electron chi connectivity index (χ2n) is 5.61. The Hall–Kier alpha value is -1.40. The molecule has 0 spiro atoms. The number of likely N-dealkylation sites (N-methyl/N-ethyl adjacent to an activating group) is 1. The van der Waals surface area contributed by atoms with Gasteiger partial charge in [-0.3, -0.25) is 4.79 Å². The molecule has 0 radical (unpaired) electrons. The summed E-state index contributed by atoms with van der Waals surface area (Å²) in [7, 11) is -1.69. The first-order chi connectivity index (χ1) is 9.06. The molecule has 0 saturated heterocycles. The van der Waals surface area contributed by atoms with E-state index >= 15 is 0 Å². The predicted molar refractivity (Wildman–Crippen MR) is 79.9 cm³/mol. The van der Waals surface area contributed by atoms with E-state index in [0.29, 0.717) is 5.56 Å². The van der Waals surface area contributed by atoms with Crippen molar-refractivity contribution in [1.82, 2.24) is 4.90 Å². The van der Waals surface area contributed by atoms with Gasteiger partial charge in [-0.15, -0.1) is 0 Å². The maximum absolute atomic E-state index is 12.3. The van der Waals surface area contributed by atoms with Crippen molar-refractivity contribution in [3.8, 4) is 0 Å². The van der Waals surface area contributed by atoms with Crippen LogP contribution in [-0.4, -0.2) is 43.8 Å². The van der Waals surface area contributed by atoms with E-state index < -0.39 is 20.6 Å². The summed E-state index contributed by atoms with van der Waals surface area (Å²) in [5.74, 6) is -0.298. The number of amides is 1. The van der Waals surface area contributed by atoms with Gasteiger partial charge in [0.25, 0.3) is 0 Å². The van der Waals surface area contributed by atoms with E-state index in [1.54, 1.807) is 33.0 Å². The molecule has 0 aliphatic carbocycles. The fourth-order valence-corrected chi connectivity index (χ4v) is 2.23. The third kappa shape index (κ3) is 3.80. The number of nitrogens with zero attached hydrogens (tertiary/aromatic N) is 1. The van der Waals surface area contributed by atoms with Gasteiger partial charge in [-0.2, -0.15) is 0 Å². The summed E-state index contributed by atoms with van der Waals surface area (Å²) < 4.78 is 22.4. The van der Waals surface area contributed by atoms with Gasteiger partial charge in [0, 0.05) is 19.8 Å². The molecule has 6 heteroatoms. The maximum Gasteiger partial charge on any atom is 0.243 e. The van der Waals surface area contributed by atoms with Crippen LogP contribution in [0, 0.1) is 0 Å². The number of benzene rings is 1. The Morgan fingerprint density at radius 1 is 1.30 bits per heavy atom. The second kappa shape index (κ2) is 5.93. The lowest BCUT2D eigenvalue weighted by molar-refractivity contribution is -0.131. The molecule has 0 saturated carbocycles. The third-order valence-electron chi connectivity index (χ3n) is 3.42. The van der Waals surface area contributed by atoms with E-state index in [9.17, 15) is 13.2 Å². The van der Waals surface area contributed by atoms with Crippen molar-refractivity contribution in [2.75, 3.05) is 19.8 Å². The number of nitrogens with two attached hydrogens (primary N) is 1. The fraction of sp³-hybridized carbons (Fsp3) is 0.500. The Labute approximate surface area is 120 Å². The van der Waals surface area contributed by atoms with Gasteiger partial charge in [-0.1, -0.05) is 30.3 Å². The number of hydrogen-bond donors (Lipinski definition) is 1. The average Bonchev–Trinajstić information content (AvgIpc) is 2.36. The van der Waals surface area contributed by atoms with Crippen molar-refractivity contribution in [3.63, 3.8) is 0 Å². The lowest BCUT2D eigenvalue weighted by Crippen LogP contribution is -2.47. The van der Waals surface area contributed by atoms with Crippen LogP contribution < -0.4 is 5.73 Å². The Morgan fingerprint density at radius 2 is 1.80 bits per heavy atom. The first kappa shape index (κ1) is 16.7. The van der Waals surface area contributed by atoms with Crippen molar-refractivity contribution in [2.24, 2.45) is 5.73 Å². The van der Waals surface area contributed by atoms with Gasteiger partial charge in [0.05, 0.1) is 4.75 Å². The number of rotatable bonds is 5. The van der Waals surface area contributed by atoms with Gasteiger partial charge in [-0.25, -0.2) is 8.42 Å². The lowest BCUT2D eigenvalue weighted by atomic mass is 10.1. The SMILES string of the molecule is CN(CC(C)(C)S(C)(=O)=O)C(=O)C(N)c1ccccc1. The maximum atomic E-state index is 12.3. The van der Waals surface area contributed by atoms with Crippen LogP contribution in [0.25, 0.3) is 0 Å². The normalized spacial score (nSPS) is 13.8. The predicted octanol–water partition coefficient (Wildman–Crippen LogP) is 0.968. The highest BCUT2D eigenvalue weighted by Gasteiger charge is 2.34. The molecule has 0 bridgehead atoms. The molecule has 1 aromatic rings. The number of hydrogen-bond acceptors (Lipinski definition) is 4. The molecular formula is C14H22N2O3S. The zero-order chi connectivity index (χ0) is 15.6. The zero-order valence-corrected chi connectivity index (χ0v) is 13.1. The standard InChI is InChI=1S/C14H22N2O3S/c1-14(2,20(4,18)19)10-16(3)13(17)12(15)11-8-6-5-7-9-11/h5-9,12H,10,15H2,1-4H3. The van der Waals surface area contributed by atoms with Crippen molar-refractivity contribution < 1.29 is 13.2 Å². The number of carbonyl (C=O) groups is 1. The van der Waals surface area contributed by atoms with Crippen molar-refractivity contribution in [3.05, 3.63) is 35.9 Å².